The van der Waals surface area contributed by atoms with Crippen LogP contribution in [0.3, 0.4) is 0 Å². The van der Waals surface area contributed by atoms with E-state index in [1.54, 1.807) is 49.4 Å². The third kappa shape index (κ3) is 6.66. The predicted octanol–water partition coefficient (Wildman–Crippen LogP) is 6.01. The van der Waals surface area contributed by atoms with Crippen molar-refractivity contribution >= 4 is 16.9 Å². The largest absolute Gasteiger partial charge is 0.494 e. The Morgan fingerprint density at radius 2 is 1.58 bits per heavy atom. The summed E-state index contributed by atoms with van der Waals surface area (Å²) < 4.78 is 92.1. The van der Waals surface area contributed by atoms with E-state index in [4.69, 9.17) is 9.47 Å². The lowest BCUT2D eigenvalue weighted by Gasteiger charge is -2.32. The van der Waals surface area contributed by atoms with Gasteiger partial charge >= 0.3 is 18.3 Å². The molecule has 0 amide bonds. The molecule has 4 aromatic rings. The zero-order valence-corrected chi connectivity index (χ0v) is 22.7. The summed E-state index contributed by atoms with van der Waals surface area (Å²) in [6, 6.07) is 16.1. The molecule has 7 nitrogen and oxygen atoms in total. The summed E-state index contributed by atoms with van der Waals surface area (Å²) in [5.41, 5.74) is -6.27. The molecule has 1 heterocycles. The Morgan fingerprint density at radius 3 is 2.19 bits per heavy atom. The summed E-state index contributed by atoms with van der Waals surface area (Å²) in [7, 11) is 0. The number of fused-ring (bicyclic) bond motifs is 1. The number of benzene rings is 3. The van der Waals surface area contributed by atoms with Gasteiger partial charge in [0.2, 0.25) is 0 Å². The molecule has 0 saturated carbocycles. The van der Waals surface area contributed by atoms with Crippen LogP contribution < -0.4 is 10.3 Å². The third-order valence-corrected chi connectivity index (χ3v) is 6.58. The van der Waals surface area contributed by atoms with Gasteiger partial charge in [0.05, 0.1) is 29.8 Å². The van der Waals surface area contributed by atoms with Crippen LogP contribution in [0.2, 0.25) is 0 Å². The fourth-order valence-corrected chi connectivity index (χ4v) is 4.44. The number of rotatable bonds is 10. The summed E-state index contributed by atoms with van der Waals surface area (Å²) in [5, 5.41) is 9.84. The number of hydrogen-bond acceptors (Lipinski definition) is 6. The van der Waals surface area contributed by atoms with E-state index >= 15 is 0 Å². The molecule has 0 radical (unpaired) electrons. The van der Waals surface area contributed by atoms with Crippen LogP contribution in [0.1, 0.15) is 36.7 Å². The van der Waals surface area contributed by atoms with Crippen molar-refractivity contribution in [2.24, 2.45) is 0 Å². The maximum atomic E-state index is 13.8. The zero-order valence-electron chi connectivity index (χ0n) is 22.7. The highest BCUT2D eigenvalue weighted by Crippen LogP contribution is 2.50. The Bertz CT molecular complexity index is 1620. The van der Waals surface area contributed by atoms with Crippen LogP contribution in [0.4, 0.5) is 26.3 Å². The van der Waals surface area contributed by atoms with Crippen molar-refractivity contribution in [3.05, 3.63) is 100 Å². The number of halogens is 6. The van der Waals surface area contributed by atoms with Crippen molar-refractivity contribution < 1.29 is 45.7 Å². The lowest BCUT2D eigenvalue weighted by molar-refractivity contribution is -0.376. The lowest BCUT2D eigenvalue weighted by atomic mass is 9.92. The Labute approximate surface area is 241 Å². The van der Waals surface area contributed by atoms with E-state index in [0.717, 1.165) is 22.3 Å². The van der Waals surface area contributed by atoms with Crippen LogP contribution in [0, 0.1) is 0 Å². The molecule has 228 valence electrons. The molecule has 0 aliphatic heterocycles. The first-order valence-corrected chi connectivity index (χ1v) is 13.1. The minimum atomic E-state index is -6.06. The number of aliphatic hydroxyl groups is 1. The SMILES string of the molecule is CCOC(=O)CCCOc1ccc2nc(Cc3ccccc3)n(-c3ccc(C(O)(C(F)(F)F)C(F)(F)F)cc3)c(=O)c2c1. The van der Waals surface area contributed by atoms with Gasteiger partial charge in [-0.15, -0.1) is 0 Å². The molecule has 43 heavy (non-hydrogen) atoms. The average Bonchev–Trinajstić information content (AvgIpc) is 2.95. The highest BCUT2D eigenvalue weighted by molar-refractivity contribution is 5.79. The zero-order chi connectivity index (χ0) is 31.4. The third-order valence-electron chi connectivity index (χ3n) is 6.58. The number of nitrogens with zero attached hydrogens (tertiary/aromatic N) is 2. The Balaban J connectivity index is 1.76. The normalized spacial score (nSPS) is 12.4. The average molecular weight is 609 g/mol. The number of esters is 1. The number of hydrogen-bond donors (Lipinski definition) is 1. The Kier molecular flexibility index (Phi) is 9.14. The number of carbonyl (C=O) groups excluding carboxylic acids is 1. The minimum absolute atomic E-state index is 0.0680. The molecular formula is C30H26F6N2O5. The van der Waals surface area contributed by atoms with Crippen molar-refractivity contribution in [3.8, 4) is 11.4 Å². The second kappa shape index (κ2) is 12.5. The van der Waals surface area contributed by atoms with E-state index < -0.39 is 29.1 Å². The van der Waals surface area contributed by atoms with E-state index in [-0.39, 0.29) is 60.2 Å². The highest BCUT2D eigenvalue weighted by atomic mass is 19.4. The van der Waals surface area contributed by atoms with E-state index in [1.807, 2.05) is 0 Å². The fourth-order valence-electron chi connectivity index (χ4n) is 4.44. The number of alkyl halides is 6. The fraction of sp³-hybridized carbons (Fsp3) is 0.300. The molecule has 0 unspecified atom stereocenters. The first kappa shape index (κ1) is 31.5. The molecule has 0 fully saturated rings. The van der Waals surface area contributed by atoms with E-state index in [0.29, 0.717) is 18.6 Å². The van der Waals surface area contributed by atoms with Gasteiger partial charge in [0.15, 0.2) is 0 Å². The summed E-state index contributed by atoms with van der Waals surface area (Å²) in [6.45, 7) is 2.08. The summed E-state index contributed by atoms with van der Waals surface area (Å²) in [6.07, 6.45) is -11.5. The first-order valence-electron chi connectivity index (χ1n) is 13.1. The summed E-state index contributed by atoms with van der Waals surface area (Å²) in [4.78, 5) is 29.9. The second-order valence-corrected chi connectivity index (χ2v) is 9.52. The van der Waals surface area contributed by atoms with E-state index in [2.05, 4.69) is 4.98 Å². The molecular weight excluding hydrogens is 582 g/mol. The van der Waals surface area contributed by atoms with Gasteiger partial charge < -0.3 is 14.6 Å². The van der Waals surface area contributed by atoms with E-state index in [1.165, 1.54) is 6.07 Å². The maximum absolute atomic E-state index is 13.8. The second-order valence-electron chi connectivity index (χ2n) is 9.52. The summed E-state index contributed by atoms with van der Waals surface area (Å²) in [5.74, 6) is 0.0763. The number of aromatic nitrogens is 2. The number of carbonyl (C=O) groups is 1. The van der Waals surface area contributed by atoms with Gasteiger partial charge in [0.1, 0.15) is 11.6 Å². The topological polar surface area (TPSA) is 90.7 Å². The molecule has 0 aliphatic rings. The maximum Gasteiger partial charge on any atom is 0.430 e. The molecule has 0 aliphatic carbocycles. The van der Waals surface area contributed by atoms with Gasteiger partial charge in [-0.05, 0) is 49.2 Å². The van der Waals surface area contributed by atoms with Crippen LogP contribution in [0.15, 0.2) is 77.6 Å². The predicted molar refractivity (Wildman–Crippen MR) is 144 cm³/mol. The molecule has 13 heteroatoms. The standard InChI is InChI=1S/C30H26F6N2O5/c1-2-42-26(39)9-6-16-43-22-14-15-24-23(18-22)27(40)38(25(37-24)17-19-7-4-3-5-8-19)21-12-10-20(11-13-21)28(41,29(31,32)33)30(34,35)36/h3-5,7-8,10-15,18,41H,2,6,9,16-17H2,1H3. The monoisotopic (exact) mass is 608 g/mol. The van der Waals surface area contributed by atoms with Crippen LogP contribution >= 0.6 is 0 Å². The van der Waals surface area contributed by atoms with Crippen LogP contribution in [-0.4, -0.2) is 46.2 Å². The smallest absolute Gasteiger partial charge is 0.430 e. The first-order chi connectivity index (χ1) is 20.3. The van der Waals surface area contributed by atoms with Crippen molar-refractivity contribution in [1.29, 1.82) is 0 Å². The van der Waals surface area contributed by atoms with Crippen molar-refractivity contribution in [3.63, 3.8) is 0 Å². The van der Waals surface area contributed by atoms with Crippen molar-refractivity contribution in [2.45, 2.75) is 44.1 Å². The Hall–Kier alpha value is -4.39. The molecule has 0 bridgehead atoms. The minimum Gasteiger partial charge on any atom is -0.494 e. The molecule has 1 aromatic heterocycles. The van der Waals surface area contributed by atoms with Gasteiger partial charge in [-0.25, -0.2) is 4.98 Å². The van der Waals surface area contributed by atoms with Crippen molar-refractivity contribution in [2.75, 3.05) is 13.2 Å². The van der Waals surface area contributed by atoms with Gasteiger partial charge in [0.25, 0.3) is 11.2 Å². The van der Waals surface area contributed by atoms with Crippen LogP contribution in [-0.2, 0) is 21.6 Å². The quantitative estimate of drug-likeness (QED) is 0.135. The van der Waals surface area contributed by atoms with E-state index in [9.17, 15) is 41.0 Å². The van der Waals surface area contributed by atoms with Crippen LogP contribution in [0.5, 0.6) is 5.75 Å². The molecule has 4 rings (SSSR count). The van der Waals surface area contributed by atoms with Gasteiger partial charge in [-0.3, -0.25) is 14.2 Å². The molecule has 3 aromatic carbocycles. The summed E-state index contributed by atoms with van der Waals surface area (Å²) >= 11 is 0. The van der Waals surface area contributed by atoms with Gasteiger partial charge in [-0.2, -0.15) is 26.3 Å². The number of ether oxygens (including phenoxy) is 2. The molecule has 0 spiro atoms. The van der Waals surface area contributed by atoms with Crippen molar-refractivity contribution in [1.82, 2.24) is 9.55 Å². The molecule has 0 saturated heterocycles. The van der Waals surface area contributed by atoms with Gasteiger partial charge in [-0.1, -0.05) is 42.5 Å². The van der Waals surface area contributed by atoms with Gasteiger partial charge in [0, 0.05) is 18.4 Å². The lowest BCUT2D eigenvalue weighted by Crippen LogP contribution is -2.53. The van der Waals surface area contributed by atoms with Crippen LogP contribution in [0.25, 0.3) is 16.6 Å². The molecule has 0 atom stereocenters. The highest BCUT2D eigenvalue weighted by Gasteiger charge is 2.71. The Morgan fingerprint density at radius 1 is 0.930 bits per heavy atom. The molecule has 1 N–H and O–H groups in total.